The van der Waals surface area contributed by atoms with Gasteiger partial charge in [-0.25, -0.2) is 0 Å². The molecule has 1 aromatic carbocycles. The van der Waals surface area contributed by atoms with Gasteiger partial charge < -0.3 is 15.0 Å². The molecule has 0 radical (unpaired) electrons. The van der Waals surface area contributed by atoms with E-state index in [9.17, 15) is 9.59 Å². The highest BCUT2D eigenvalue weighted by molar-refractivity contribution is 8.01. The summed E-state index contributed by atoms with van der Waals surface area (Å²) in [5.41, 5.74) is 1.10. The molecule has 0 bridgehead atoms. The van der Waals surface area contributed by atoms with Crippen LogP contribution in [0.1, 0.15) is 51.0 Å². The molecule has 2 amide bonds. The molecule has 0 aromatic heterocycles. The number of carbonyl (C=O) groups is 2. The van der Waals surface area contributed by atoms with Crippen molar-refractivity contribution in [3.05, 3.63) is 29.8 Å². The van der Waals surface area contributed by atoms with E-state index in [4.69, 9.17) is 4.74 Å². The van der Waals surface area contributed by atoms with E-state index in [0.717, 1.165) is 68.7 Å². The number of nitrogens with zero attached hydrogens (tertiary/aromatic N) is 1. The Morgan fingerprint density at radius 3 is 2.77 bits per heavy atom. The van der Waals surface area contributed by atoms with Crippen molar-refractivity contribution in [2.45, 2.75) is 62.8 Å². The minimum absolute atomic E-state index is 0.0624. The molecular formula is C23H35N3O3S. The van der Waals surface area contributed by atoms with Crippen LogP contribution in [0.4, 0.5) is 0 Å². The van der Waals surface area contributed by atoms with Crippen LogP contribution in [0, 0.1) is 0 Å². The summed E-state index contributed by atoms with van der Waals surface area (Å²) in [6.45, 7) is 4.32. The Balaban J connectivity index is 1.40. The lowest BCUT2D eigenvalue weighted by atomic mass is 10.0. The van der Waals surface area contributed by atoms with Gasteiger partial charge in [0.05, 0.1) is 18.0 Å². The molecule has 3 rings (SSSR count). The average molecular weight is 434 g/mol. The largest absolute Gasteiger partial charge is 0.496 e. The average Bonchev–Trinajstić information content (AvgIpc) is 3.18. The summed E-state index contributed by atoms with van der Waals surface area (Å²) in [4.78, 5) is 26.9. The second-order valence-electron chi connectivity index (χ2n) is 8.19. The molecule has 2 saturated heterocycles. The summed E-state index contributed by atoms with van der Waals surface area (Å²) in [5.74, 6) is 1.99. The predicted octanol–water partition coefficient (Wildman–Crippen LogP) is 2.96. The predicted molar refractivity (Wildman–Crippen MR) is 122 cm³/mol. The molecule has 0 aliphatic carbocycles. The molecule has 166 valence electrons. The Kier molecular flexibility index (Phi) is 8.45. The number of carbonyl (C=O) groups excluding carboxylic acids is 2. The first kappa shape index (κ1) is 22.9. The van der Waals surface area contributed by atoms with Crippen LogP contribution in [0.2, 0.25) is 0 Å². The molecule has 1 atom stereocenters. The first-order chi connectivity index (χ1) is 14.6. The van der Waals surface area contributed by atoms with Gasteiger partial charge in [0.2, 0.25) is 11.8 Å². The molecular weight excluding hydrogens is 398 g/mol. The first-order valence-electron chi connectivity index (χ1n) is 11.2. The number of para-hydroxylation sites is 1. The molecule has 0 saturated carbocycles. The molecule has 2 aliphatic heterocycles. The van der Waals surface area contributed by atoms with Gasteiger partial charge in [-0.1, -0.05) is 38.0 Å². The number of hydrogen-bond donors (Lipinski definition) is 2. The Morgan fingerprint density at radius 1 is 1.27 bits per heavy atom. The summed E-state index contributed by atoms with van der Waals surface area (Å²) >= 11 is 1.84. The standard InChI is InChI=1S/C23H35N3O3S/c1-3-4-5-10-21(27)26-15-12-23(13-16-26)25-19(17-30-23)22(28)24-14-11-18-8-6-7-9-20(18)29-2/h6-9,19,25H,3-5,10-17H2,1-2H3,(H,24,28)/t19-/m1/s1. The number of unbranched alkanes of at least 4 members (excludes halogenated alkanes) is 2. The quantitative estimate of drug-likeness (QED) is 0.586. The van der Waals surface area contributed by atoms with Gasteiger partial charge in [-0.2, -0.15) is 0 Å². The number of likely N-dealkylation sites (tertiary alicyclic amines) is 1. The van der Waals surface area contributed by atoms with Crippen molar-refractivity contribution in [1.82, 2.24) is 15.5 Å². The SMILES string of the molecule is CCCCCC(=O)N1CCC2(CC1)N[C@@H](C(=O)NCCc1ccccc1OC)CS2. The maximum Gasteiger partial charge on any atom is 0.238 e. The van der Waals surface area contributed by atoms with Gasteiger partial charge in [0, 0.05) is 31.8 Å². The van der Waals surface area contributed by atoms with E-state index in [1.165, 1.54) is 0 Å². The van der Waals surface area contributed by atoms with Gasteiger partial charge in [-0.05, 0) is 37.3 Å². The van der Waals surface area contributed by atoms with Crippen molar-refractivity contribution in [3.63, 3.8) is 0 Å². The van der Waals surface area contributed by atoms with E-state index in [-0.39, 0.29) is 22.7 Å². The topological polar surface area (TPSA) is 70.7 Å². The number of hydrogen-bond acceptors (Lipinski definition) is 5. The second kappa shape index (κ2) is 11.0. The minimum Gasteiger partial charge on any atom is -0.496 e. The third-order valence-electron chi connectivity index (χ3n) is 6.08. The molecule has 6 nitrogen and oxygen atoms in total. The van der Waals surface area contributed by atoms with Gasteiger partial charge in [0.25, 0.3) is 0 Å². The number of amides is 2. The summed E-state index contributed by atoms with van der Waals surface area (Å²) < 4.78 is 5.37. The number of ether oxygens (including phenoxy) is 1. The maximum absolute atomic E-state index is 12.7. The highest BCUT2D eigenvalue weighted by Crippen LogP contribution is 2.39. The fourth-order valence-electron chi connectivity index (χ4n) is 4.23. The minimum atomic E-state index is -0.167. The van der Waals surface area contributed by atoms with Crippen LogP contribution in [0.3, 0.4) is 0 Å². The van der Waals surface area contributed by atoms with E-state index in [1.54, 1.807) is 7.11 Å². The summed E-state index contributed by atoms with van der Waals surface area (Å²) in [6.07, 6.45) is 6.47. The van der Waals surface area contributed by atoms with Crippen molar-refractivity contribution < 1.29 is 14.3 Å². The number of thioether (sulfide) groups is 1. The number of benzene rings is 1. The second-order valence-corrected chi connectivity index (χ2v) is 9.60. The molecule has 2 heterocycles. The number of piperidine rings is 1. The van der Waals surface area contributed by atoms with Crippen LogP contribution in [0.25, 0.3) is 0 Å². The summed E-state index contributed by atoms with van der Waals surface area (Å²) in [7, 11) is 1.67. The molecule has 30 heavy (non-hydrogen) atoms. The van der Waals surface area contributed by atoms with Gasteiger partial charge in [-0.15, -0.1) is 11.8 Å². The number of methoxy groups -OCH3 is 1. The Hall–Kier alpha value is -1.73. The van der Waals surface area contributed by atoms with Crippen LogP contribution in [0.5, 0.6) is 5.75 Å². The van der Waals surface area contributed by atoms with Crippen LogP contribution < -0.4 is 15.4 Å². The molecule has 1 spiro atoms. The van der Waals surface area contributed by atoms with Gasteiger partial charge in [0.1, 0.15) is 5.75 Å². The highest BCUT2D eigenvalue weighted by atomic mass is 32.2. The number of rotatable bonds is 9. The van der Waals surface area contributed by atoms with E-state index >= 15 is 0 Å². The summed E-state index contributed by atoms with van der Waals surface area (Å²) in [5, 5.41) is 6.64. The normalized spacial score (nSPS) is 20.3. The lowest BCUT2D eigenvalue weighted by Crippen LogP contribution is -2.54. The first-order valence-corrected chi connectivity index (χ1v) is 12.1. The van der Waals surface area contributed by atoms with Crippen LogP contribution in [-0.2, 0) is 16.0 Å². The fourth-order valence-corrected chi connectivity index (χ4v) is 5.65. The van der Waals surface area contributed by atoms with Crippen LogP contribution in [0.15, 0.2) is 24.3 Å². The van der Waals surface area contributed by atoms with E-state index in [0.29, 0.717) is 13.0 Å². The summed E-state index contributed by atoms with van der Waals surface area (Å²) in [6, 6.07) is 7.74. The lowest BCUT2D eigenvalue weighted by Gasteiger charge is -2.39. The van der Waals surface area contributed by atoms with E-state index < -0.39 is 0 Å². The van der Waals surface area contributed by atoms with Crippen molar-refractivity contribution >= 4 is 23.6 Å². The van der Waals surface area contributed by atoms with Gasteiger partial charge in [0.15, 0.2) is 0 Å². The van der Waals surface area contributed by atoms with Gasteiger partial charge >= 0.3 is 0 Å². The molecule has 2 fully saturated rings. The van der Waals surface area contributed by atoms with Crippen molar-refractivity contribution in [3.8, 4) is 5.75 Å². The zero-order chi connectivity index (χ0) is 21.4. The molecule has 2 aliphatic rings. The molecule has 1 aromatic rings. The molecule has 2 N–H and O–H groups in total. The van der Waals surface area contributed by atoms with Crippen LogP contribution >= 0.6 is 11.8 Å². The third kappa shape index (κ3) is 5.91. The fraction of sp³-hybridized carbons (Fsp3) is 0.652. The van der Waals surface area contributed by atoms with E-state index in [1.807, 2.05) is 40.9 Å². The van der Waals surface area contributed by atoms with Gasteiger partial charge in [-0.3, -0.25) is 14.9 Å². The lowest BCUT2D eigenvalue weighted by molar-refractivity contribution is -0.132. The number of nitrogens with one attached hydrogen (secondary N) is 2. The monoisotopic (exact) mass is 433 g/mol. The van der Waals surface area contributed by atoms with Crippen LogP contribution in [-0.4, -0.2) is 60.1 Å². The Bertz CT molecular complexity index is 719. The molecule has 7 heteroatoms. The van der Waals surface area contributed by atoms with Crippen molar-refractivity contribution in [2.75, 3.05) is 32.5 Å². The maximum atomic E-state index is 12.7. The zero-order valence-corrected chi connectivity index (χ0v) is 19.1. The zero-order valence-electron chi connectivity index (χ0n) is 18.2. The van der Waals surface area contributed by atoms with Crippen molar-refractivity contribution in [2.24, 2.45) is 0 Å². The van der Waals surface area contributed by atoms with Crippen molar-refractivity contribution in [1.29, 1.82) is 0 Å². The van der Waals surface area contributed by atoms with E-state index in [2.05, 4.69) is 17.6 Å². The third-order valence-corrected chi connectivity index (χ3v) is 7.66. The molecule has 0 unspecified atom stereocenters. The smallest absolute Gasteiger partial charge is 0.238 e. The Labute approximate surface area is 184 Å². The Morgan fingerprint density at radius 2 is 2.03 bits per heavy atom. The highest BCUT2D eigenvalue weighted by Gasteiger charge is 2.44.